The molecule has 158 valence electrons. The second-order valence-corrected chi connectivity index (χ2v) is 6.55. The maximum atomic E-state index is 12.7. The molecule has 0 bridgehead atoms. The summed E-state index contributed by atoms with van der Waals surface area (Å²) in [5, 5.41) is 8.55. The smallest absolute Gasteiger partial charge is 0.416 e. The van der Waals surface area contributed by atoms with Gasteiger partial charge >= 0.3 is 12.1 Å². The zero-order chi connectivity index (χ0) is 21.9. The number of rotatable bonds is 6. The molecule has 0 aliphatic carbocycles. The van der Waals surface area contributed by atoms with Crippen molar-refractivity contribution < 1.29 is 27.4 Å². The Morgan fingerprint density at radius 3 is 2.37 bits per heavy atom. The number of carbonyl (C=O) groups is 1. The molecule has 0 fully saturated rings. The maximum absolute atomic E-state index is 12.7. The van der Waals surface area contributed by atoms with Crippen LogP contribution in [0.15, 0.2) is 42.5 Å². The van der Waals surface area contributed by atoms with Gasteiger partial charge in [-0.3, -0.25) is 0 Å². The largest absolute Gasteiger partial charge is 0.487 e. The number of hydrogen-bond donors (Lipinski definition) is 0. The van der Waals surface area contributed by atoms with Crippen molar-refractivity contribution >= 4 is 5.97 Å². The van der Waals surface area contributed by atoms with Crippen LogP contribution < -0.4 is 4.74 Å². The van der Waals surface area contributed by atoms with Crippen LogP contribution >= 0.6 is 0 Å². The highest BCUT2D eigenvalue weighted by Gasteiger charge is 2.30. The van der Waals surface area contributed by atoms with Crippen LogP contribution in [0.2, 0.25) is 0 Å². The number of esters is 1. The van der Waals surface area contributed by atoms with Gasteiger partial charge in [0, 0.05) is 0 Å². The van der Waals surface area contributed by atoms with E-state index >= 15 is 0 Å². The number of carbonyl (C=O) groups excluding carboxylic acids is 1. The molecule has 0 atom stereocenters. The van der Waals surface area contributed by atoms with Crippen LogP contribution in [0.5, 0.6) is 5.75 Å². The predicted octanol–water partition coefficient (Wildman–Crippen LogP) is 4.66. The van der Waals surface area contributed by atoms with Crippen LogP contribution in [0.4, 0.5) is 13.2 Å². The molecule has 0 saturated carbocycles. The van der Waals surface area contributed by atoms with Gasteiger partial charge in [-0.15, -0.1) is 5.10 Å². The molecule has 0 N–H and O–H groups in total. The highest BCUT2D eigenvalue weighted by atomic mass is 19.4. The third-order valence-electron chi connectivity index (χ3n) is 4.37. The van der Waals surface area contributed by atoms with Crippen molar-refractivity contribution in [2.45, 2.75) is 33.6 Å². The van der Waals surface area contributed by atoms with Crippen LogP contribution in [-0.2, 0) is 17.5 Å². The van der Waals surface area contributed by atoms with E-state index in [1.807, 2.05) is 0 Å². The average Bonchev–Trinajstić information content (AvgIpc) is 3.06. The summed E-state index contributed by atoms with van der Waals surface area (Å²) in [6.07, 6.45) is -4.40. The first-order valence-electron chi connectivity index (χ1n) is 9.20. The van der Waals surface area contributed by atoms with Gasteiger partial charge in [0.25, 0.3) is 0 Å². The number of aryl methyl sites for hydroxylation is 2. The molecule has 9 heteroatoms. The van der Waals surface area contributed by atoms with Gasteiger partial charge in [-0.25, -0.2) is 4.79 Å². The SMILES string of the molecule is CCOC(=O)c1ccc(OCc2nn(-c3ccc(C(F)(F)F)cc3)nc2C)cc1C. The second kappa shape index (κ2) is 8.56. The Morgan fingerprint density at radius 1 is 1.07 bits per heavy atom. The third-order valence-corrected chi connectivity index (χ3v) is 4.37. The Kier molecular flexibility index (Phi) is 6.09. The molecule has 0 saturated heterocycles. The number of benzene rings is 2. The van der Waals surface area contributed by atoms with Crippen LogP contribution in [-0.4, -0.2) is 27.6 Å². The van der Waals surface area contributed by atoms with E-state index in [2.05, 4.69) is 10.2 Å². The van der Waals surface area contributed by atoms with Gasteiger partial charge in [-0.05, 0) is 68.8 Å². The van der Waals surface area contributed by atoms with Gasteiger partial charge in [-0.2, -0.15) is 23.1 Å². The van der Waals surface area contributed by atoms with E-state index in [4.69, 9.17) is 9.47 Å². The molecule has 0 aliphatic rings. The third kappa shape index (κ3) is 4.79. The van der Waals surface area contributed by atoms with Crippen LogP contribution in [0, 0.1) is 13.8 Å². The standard InChI is InChI=1S/C21H20F3N3O3/c1-4-29-20(28)18-10-9-17(11-13(18)2)30-12-19-14(3)25-27(26-19)16-7-5-15(6-8-16)21(22,23)24/h5-11H,4,12H2,1-3H3. The van der Waals surface area contributed by atoms with E-state index in [1.54, 1.807) is 39.0 Å². The lowest BCUT2D eigenvalue weighted by molar-refractivity contribution is -0.137. The molecule has 1 heterocycles. The summed E-state index contributed by atoms with van der Waals surface area (Å²) in [6, 6.07) is 9.61. The van der Waals surface area contributed by atoms with E-state index in [-0.39, 0.29) is 6.61 Å². The molecule has 3 rings (SSSR count). The number of hydrogen-bond acceptors (Lipinski definition) is 5. The van der Waals surface area contributed by atoms with E-state index in [9.17, 15) is 18.0 Å². The Bertz CT molecular complexity index is 1040. The predicted molar refractivity (Wildman–Crippen MR) is 103 cm³/mol. The minimum atomic E-state index is -4.40. The molecule has 6 nitrogen and oxygen atoms in total. The number of alkyl halides is 3. The molecular weight excluding hydrogens is 399 g/mol. The van der Waals surface area contributed by atoms with E-state index in [0.717, 1.165) is 17.7 Å². The molecule has 0 amide bonds. The van der Waals surface area contributed by atoms with Gasteiger partial charge in [0.05, 0.1) is 29.1 Å². The van der Waals surface area contributed by atoms with Crippen LogP contribution in [0.3, 0.4) is 0 Å². The fourth-order valence-corrected chi connectivity index (χ4v) is 2.76. The van der Waals surface area contributed by atoms with Gasteiger partial charge in [0.15, 0.2) is 0 Å². The second-order valence-electron chi connectivity index (χ2n) is 6.55. The summed E-state index contributed by atoms with van der Waals surface area (Å²) >= 11 is 0. The Morgan fingerprint density at radius 2 is 1.77 bits per heavy atom. The number of ether oxygens (including phenoxy) is 2. The fourth-order valence-electron chi connectivity index (χ4n) is 2.76. The fraction of sp³-hybridized carbons (Fsp3) is 0.286. The van der Waals surface area contributed by atoms with Gasteiger partial charge in [0.1, 0.15) is 18.1 Å². The van der Waals surface area contributed by atoms with Gasteiger partial charge < -0.3 is 9.47 Å². The minimum Gasteiger partial charge on any atom is -0.487 e. The number of aromatic nitrogens is 3. The molecule has 30 heavy (non-hydrogen) atoms. The van der Waals surface area contributed by atoms with E-state index in [1.165, 1.54) is 16.9 Å². The lowest BCUT2D eigenvalue weighted by Gasteiger charge is -2.09. The van der Waals surface area contributed by atoms with Gasteiger partial charge in [0.2, 0.25) is 0 Å². The monoisotopic (exact) mass is 419 g/mol. The summed E-state index contributed by atoms with van der Waals surface area (Å²) in [4.78, 5) is 13.1. The highest BCUT2D eigenvalue weighted by Crippen LogP contribution is 2.29. The van der Waals surface area contributed by atoms with Crippen LogP contribution in [0.1, 0.15) is 39.8 Å². The van der Waals surface area contributed by atoms with Crippen molar-refractivity contribution in [3.8, 4) is 11.4 Å². The first kappa shape index (κ1) is 21.4. The van der Waals surface area contributed by atoms with E-state index in [0.29, 0.717) is 35.0 Å². The quantitative estimate of drug-likeness (QED) is 0.544. The zero-order valence-corrected chi connectivity index (χ0v) is 16.7. The minimum absolute atomic E-state index is 0.116. The Balaban J connectivity index is 1.71. The molecule has 3 aromatic rings. The molecule has 1 aromatic heterocycles. The zero-order valence-electron chi connectivity index (χ0n) is 16.7. The number of halogens is 3. The Hall–Kier alpha value is -3.36. The lowest BCUT2D eigenvalue weighted by Crippen LogP contribution is -2.07. The van der Waals surface area contributed by atoms with Crippen molar-refractivity contribution in [3.05, 3.63) is 70.5 Å². The number of nitrogens with zero attached hydrogens (tertiary/aromatic N) is 3. The molecule has 2 aromatic carbocycles. The molecule has 0 spiro atoms. The first-order chi connectivity index (χ1) is 14.2. The van der Waals surface area contributed by atoms with Crippen molar-refractivity contribution in [2.75, 3.05) is 6.61 Å². The van der Waals surface area contributed by atoms with Crippen molar-refractivity contribution in [1.82, 2.24) is 15.0 Å². The summed E-state index contributed by atoms with van der Waals surface area (Å²) in [7, 11) is 0. The summed E-state index contributed by atoms with van der Waals surface area (Å²) < 4.78 is 48.9. The van der Waals surface area contributed by atoms with E-state index < -0.39 is 17.7 Å². The summed E-state index contributed by atoms with van der Waals surface area (Å²) in [6.45, 7) is 5.67. The van der Waals surface area contributed by atoms with Crippen molar-refractivity contribution in [1.29, 1.82) is 0 Å². The average molecular weight is 419 g/mol. The summed E-state index contributed by atoms with van der Waals surface area (Å²) in [5.74, 6) is 0.154. The topological polar surface area (TPSA) is 66.2 Å². The molecule has 0 radical (unpaired) electrons. The molecular formula is C21H20F3N3O3. The highest BCUT2D eigenvalue weighted by molar-refractivity contribution is 5.91. The molecule has 0 aliphatic heterocycles. The molecule has 0 unspecified atom stereocenters. The normalized spacial score (nSPS) is 11.4. The van der Waals surface area contributed by atoms with Crippen molar-refractivity contribution in [3.63, 3.8) is 0 Å². The maximum Gasteiger partial charge on any atom is 0.416 e. The van der Waals surface area contributed by atoms with Crippen molar-refractivity contribution in [2.24, 2.45) is 0 Å². The summed E-state index contributed by atoms with van der Waals surface area (Å²) in [5.41, 5.74) is 1.99. The Labute approximate surface area is 171 Å². The lowest BCUT2D eigenvalue weighted by atomic mass is 10.1. The van der Waals surface area contributed by atoms with Gasteiger partial charge in [-0.1, -0.05) is 0 Å². The van der Waals surface area contributed by atoms with Crippen LogP contribution in [0.25, 0.3) is 5.69 Å². The first-order valence-corrected chi connectivity index (χ1v) is 9.20.